The van der Waals surface area contributed by atoms with Crippen LogP contribution in [0.3, 0.4) is 0 Å². The van der Waals surface area contributed by atoms with Crippen LogP contribution in [0.2, 0.25) is 5.02 Å². The van der Waals surface area contributed by atoms with Crippen LogP contribution in [-0.2, 0) is 6.73 Å². The Kier molecular flexibility index (Phi) is 5.31. The number of hydrogen-bond acceptors (Lipinski definition) is 4. The molecule has 0 aliphatic carbocycles. The Morgan fingerprint density at radius 2 is 2.03 bits per heavy atom. The fourth-order valence-corrected chi connectivity index (χ4v) is 2.89. The first kappa shape index (κ1) is 18.8. The molecular formula is C21H18ClN5O2. The molecule has 0 saturated carbocycles. The van der Waals surface area contributed by atoms with Gasteiger partial charge in [-0.25, -0.2) is 4.68 Å². The predicted molar refractivity (Wildman–Crippen MR) is 111 cm³/mol. The third-order valence-corrected chi connectivity index (χ3v) is 4.46. The monoisotopic (exact) mass is 407 g/mol. The van der Waals surface area contributed by atoms with Gasteiger partial charge in [0, 0.05) is 10.6 Å². The zero-order chi connectivity index (χ0) is 20.2. The number of amides is 1. The molecule has 2 aromatic heterocycles. The van der Waals surface area contributed by atoms with Crippen molar-refractivity contribution < 1.29 is 9.53 Å². The fourth-order valence-electron chi connectivity index (χ4n) is 2.70. The average molecular weight is 408 g/mol. The summed E-state index contributed by atoms with van der Waals surface area (Å²) in [7, 11) is 0. The van der Waals surface area contributed by atoms with Gasteiger partial charge in [0.25, 0.3) is 5.91 Å². The quantitative estimate of drug-likeness (QED) is 0.492. The first-order valence-electron chi connectivity index (χ1n) is 8.91. The Morgan fingerprint density at radius 3 is 2.83 bits per heavy atom. The van der Waals surface area contributed by atoms with Crippen LogP contribution in [0, 0.1) is 6.92 Å². The van der Waals surface area contributed by atoms with Crippen LogP contribution in [0.5, 0.6) is 5.75 Å². The van der Waals surface area contributed by atoms with Crippen molar-refractivity contribution in [3.05, 3.63) is 83.3 Å². The van der Waals surface area contributed by atoms with E-state index in [9.17, 15) is 4.79 Å². The Hall–Kier alpha value is -3.58. The minimum absolute atomic E-state index is 0.192. The van der Waals surface area contributed by atoms with Crippen LogP contribution in [-0.4, -0.2) is 25.9 Å². The van der Waals surface area contributed by atoms with E-state index in [0.29, 0.717) is 27.8 Å². The largest absolute Gasteiger partial charge is 0.471 e. The molecule has 2 N–H and O–H groups in total. The number of rotatable bonds is 6. The molecule has 2 aromatic carbocycles. The smallest absolute Gasteiger partial charge is 0.273 e. The number of aryl methyl sites for hydroxylation is 1. The van der Waals surface area contributed by atoms with Crippen LogP contribution in [0.4, 0.5) is 5.69 Å². The van der Waals surface area contributed by atoms with Gasteiger partial charge >= 0.3 is 0 Å². The van der Waals surface area contributed by atoms with E-state index < -0.39 is 0 Å². The van der Waals surface area contributed by atoms with Gasteiger partial charge in [-0.1, -0.05) is 47.5 Å². The van der Waals surface area contributed by atoms with Crippen LogP contribution >= 0.6 is 11.6 Å². The predicted octanol–water partition coefficient (Wildman–Crippen LogP) is 4.52. The lowest BCUT2D eigenvalue weighted by Crippen LogP contribution is -2.12. The first-order valence-corrected chi connectivity index (χ1v) is 9.29. The van der Waals surface area contributed by atoms with E-state index in [0.717, 1.165) is 5.56 Å². The lowest BCUT2D eigenvalue weighted by atomic mass is 10.1. The van der Waals surface area contributed by atoms with Gasteiger partial charge in [-0.2, -0.15) is 10.2 Å². The molecule has 0 radical (unpaired) electrons. The van der Waals surface area contributed by atoms with E-state index in [1.165, 1.54) is 5.56 Å². The molecule has 1 amide bonds. The highest BCUT2D eigenvalue weighted by atomic mass is 35.5. The van der Waals surface area contributed by atoms with E-state index in [-0.39, 0.29) is 12.6 Å². The van der Waals surface area contributed by atoms with E-state index in [2.05, 4.69) is 20.6 Å². The Bertz CT molecular complexity index is 1130. The van der Waals surface area contributed by atoms with Gasteiger partial charge in [0.15, 0.2) is 6.73 Å². The number of aromatic nitrogens is 4. The van der Waals surface area contributed by atoms with Gasteiger partial charge in [0.1, 0.15) is 11.4 Å². The van der Waals surface area contributed by atoms with Gasteiger partial charge in [0.05, 0.1) is 23.8 Å². The Labute approximate surface area is 172 Å². The molecule has 4 rings (SSSR count). The van der Waals surface area contributed by atoms with Gasteiger partial charge in [-0.3, -0.25) is 9.89 Å². The highest BCUT2D eigenvalue weighted by Gasteiger charge is 2.12. The SMILES string of the molecule is Cc1ccc(-c2cc(C(=O)Nc3cnn(COc4cccc(Cl)c4)c3)[nH]n2)cc1. The van der Waals surface area contributed by atoms with E-state index in [1.54, 1.807) is 35.3 Å². The van der Waals surface area contributed by atoms with Crippen LogP contribution in [0.25, 0.3) is 11.3 Å². The summed E-state index contributed by atoms with van der Waals surface area (Å²) >= 11 is 5.94. The summed E-state index contributed by atoms with van der Waals surface area (Å²) in [5.74, 6) is 0.339. The van der Waals surface area contributed by atoms with Crippen LogP contribution < -0.4 is 10.1 Å². The van der Waals surface area contributed by atoms with Crippen LogP contribution in [0.1, 0.15) is 16.1 Å². The molecule has 0 unspecified atom stereocenters. The molecule has 2 heterocycles. The molecule has 7 nitrogen and oxygen atoms in total. The third kappa shape index (κ3) is 4.64. The van der Waals surface area contributed by atoms with Crippen molar-refractivity contribution in [2.75, 3.05) is 5.32 Å². The molecule has 146 valence electrons. The first-order chi connectivity index (χ1) is 14.1. The summed E-state index contributed by atoms with van der Waals surface area (Å²) < 4.78 is 7.19. The lowest BCUT2D eigenvalue weighted by Gasteiger charge is -2.06. The topological polar surface area (TPSA) is 84.8 Å². The molecule has 0 saturated heterocycles. The van der Waals surface area contributed by atoms with Crippen LogP contribution in [0.15, 0.2) is 67.0 Å². The maximum absolute atomic E-state index is 12.5. The second-order valence-corrected chi connectivity index (χ2v) is 6.92. The number of aromatic amines is 1. The molecule has 0 fully saturated rings. The van der Waals surface area contributed by atoms with Gasteiger partial charge in [0.2, 0.25) is 0 Å². The maximum Gasteiger partial charge on any atom is 0.273 e. The zero-order valence-corrected chi connectivity index (χ0v) is 16.3. The van der Waals surface area contributed by atoms with Crippen molar-refractivity contribution in [1.29, 1.82) is 0 Å². The van der Waals surface area contributed by atoms with Crippen molar-refractivity contribution in [3.8, 4) is 17.0 Å². The number of nitrogens with one attached hydrogen (secondary N) is 2. The molecule has 0 spiro atoms. The van der Waals surface area contributed by atoms with Crippen molar-refractivity contribution in [3.63, 3.8) is 0 Å². The molecular weight excluding hydrogens is 390 g/mol. The number of benzene rings is 2. The van der Waals surface area contributed by atoms with Gasteiger partial charge in [-0.15, -0.1) is 0 Å². The maximum atomic E-state index is 12.5. The number of hydrogen-bond donors (Lipinski definition) is 2. The van der Waals surface area contributed by atoms with E-state index in [1.807, 2.05) is 43.3 Å². The van der Waals surface area contributed by atoms with Crippen molar-refractivity contribution >= 4 is 23.2 Å². The summed E-state index contributed by atoms with van der Waals surface area (Å²) in [5, 5.41) is 14.6. The second kappa shape index (κ2) is 8.20. The van der Waals surface area contributed by atoms with Crippen molar-refractivity contribution in [2.45, 2.75) is 13.7 Å². The van der Waals surface area contributed by atoms with Crippen molar-refractivity contribution in [2.24, 2.45) is 0 Å². The number of nitrogens with zero attached hydrogens (tertiary/aromatic N) is 3. The van der Waals surface area contributed by atoms with Crippen molar-refractivity contribution in [1.82, 2.24) is 20.0 Å². The normalized spacial score (nSPS) is 10.7. The highest BCUT2D eigenvalue weighted by molar-refractivity contribution is 6.30. The number of carbonyl (C=O) groups is 1. The number of anilines is 1. The molecule has 0 atom stereocenters. The zero-order valence-electron chi connectivity index (χ0n) is 15.6. The fraction of sp³-hybridized carbons (Fsp3) is 0.0952. The summed E-state index contributed by atoms with van der Waals surface area (Å²) in [5.41, 5.74) is 3.73. The molecule has 8 heteroatoms. The number of halogens is 1. The van der Waals surface area contributed by atoms with Gasteiger partial charge in [-0.05, 0) is 31.2 Å². The Morgan fingerprint density at radius 1 is 1.21 bits per heavy atom. The van der Waals surface area contributed by atoms with Gasteiger partial charge < -0.3 is 10.1 Å². The standard InChI is InChI=1S/C21H18ClN5O2/c1-14-5-7-15(8-6-14)19-10-20(26-25-19)21(28)24-17-11-23-27(12-17)13-29-18-4-2-3-16(22)9-18/h2-12H,13H2,1H3,(H,24,28)(H,25,26). The summed E-state index contributed by atoms with van der Waals surface area (Å²) in [6.07, 6.45) is 3.23. The lowest BCUT2D eigenvalue weighted by molar-refractivity contribution is 0.102. The summed E-state index contributed by atoms with van der Waals surface area (Å²) in [6.45, 7) is 2.21. The summed E-state index contributed by atoms with van der Waals surface area (Å²) in [4.78, 5) is 12.5. The Balaban J connectivity index is 1.37. The minimum atomic E-state index is -0.300. The van der Waals surface area contributed by atoms with E-state index in [4.69, 9.17) is 16.3 Å². The highest BCUT2D eigenvalue weighted by Crippen LogP contribution is 2.19. The number of ether oxygens (including phenoxy) is 1. The third-order valence-electron chi connectivity index (χ3n) is 4.22. The number of carbonyl (C=O) groups excluding carboxylic acids is 1. The summed E-state index contributed by atoms with van der Waals surface area (Å²) in [6, 6.07) is 16.8. The average Bonchev–Trinajstić information content (AvgIpc) is 3.37. The molecule has 29 heavy (non-hydrogen) atoms. The molecule has 0 aliphatic rings. The minimum Gasteiger partial charge on any atom is -0.471 e. The molecule has 0 bridgehead atoms. The molecule has 4 aromatic rings. The van der Waals surface area contributed by atoms with E-state index >= 15 is 0 Å². The molecule has 0 aliphatic heterocycles. The second-order valence-electron chi connectivity index (χ2n) is 6.49. The number of H-pyrrole nitrogens is 1.